The first-order valence-corrected chi connectivity index (χ1v) is 8.95. The Morgan fingerprint density at radius 2 is 1.79 bits per heavy atom. The fourth-order valence-corrected chi connectivity index (χ4v) is 3.40. The Kier molecular flexibility index (Phi) is 5.62. The van der Waals surface area contributed by atoms with Gasteiger partial charge in [-0.3, -0.25) is 9.59 Å². The lowest BCUT2D eigenvalue weighted by molar-refractivity contribution is -0.136. The van der Waals surface area contributed by atoms with Crippen molar-refractivity contribution in [2.45, 2.75) is 57.4 Å². The summed E-state index contributed by atoms with van der Waals surface area (Å²) < 4.78 is 0. The molecule has 0 bridgehead atoms. The van der Waals surface area contributed by atoms with Crippen LogP contribution >= 0.6 is 0 Å². The highest BCUT2D eigenvalue weighted by molar-refractivity contribution is 6.04. The zero-order valence-corrected chi connectivity index (χ0v) is 14.0. The summed E-state index contributed by atoms with van der Waals surface area (Å²) in [5.41, 5.74) is 1.89. The van der Waals surface area contributed by atoms with Crippen molar-refractivity contribution in [1.82, 2.24) is 10.3 Å². The van der Waals surface area contributed by atoms with E-state index in [4.69, 9.17) is 0 Å². The third-order valence-corrected chi connectivity index (χ3v) is 4.73. The van der Waals surface area contributed by atoms with Crippen LogP contribution in [0.2, 0.25) is 0 Å². The third kappa shape index (κ3) is 4.43. The Bertz CT molecular complexity index is 604. The summed E-state index contributed by atoms with van der Waals surface area (Å²) >= 11 is 0. The van der Waals surface area contributed by atoms with Gasteiger partial charge in [-0.25, -0.2) is 5.01 Å². The number of carbonyl (C=O) groups excluding carboxylic acids is 2. The van der Waals surface area contributed by atoms with Gasteiger partial charge in [0.2, 0.25) is 11.8 Å². The van der Waals surface area contributed by atoms with E-state index in [1.807, 2.05) is 30.3 Å². The van der Waals surface area contributed by atoms with Gasteiger partial charge in [-0.2, -0.15) is 5.10 Å². The van der Waals surface area contributed by atoms with Gasteiger partial charge in [0.1, 0.15) is 6.54 Å². The highest BCUT2D eigenvalue weighted by Crippen LogP contribution is 2.18. The minimum atomic E-state index is -0.103. The smallest absolute Gasteiger partial charge is 0.243 e. The van der Waals surface area contributed by atoms with E-state index >= 15 is 0 Å². The third-order valence-electron chi connectivity index (χ3n) is 4.73. The molecule has 1 heterocycles. The highest BCUT2D eigenvalue weighted by Gasteiger charge is 2.24. The second kappa shape index (κ2) is 8.08. The minimum absolute atomic E-state index is 0.0195. The number of carbonyl (C=O) groups is 2. The summed E-state index contributed by atoms with van der Waals surface area (Å²) in [4.78, 5) is 24.4. The second-order valence-corrected chi connectivity index (χ2v) is 6.62. The number of rotatable bonds is 4. The molecular formula is C19H25N3O2. The molecule has 0 unspecified atom stereocenters. The van der Waals surface area contributed by atoms with Crippen LogP contribution in [0.15, 0.2) is 35.4 Å². The molecule has 5 heteroatoms. The van der Waals surface area contributed by atoms with Crippen molar-refractivity contribution in [3.05, 3.63) is 35.9 Å². The van der Waals surface area contributed by atoms with Crippen LogP contribution in [-0.4, -0.2) is 35.1 Å². The second-order valence-electron chi connectivity index (χ2n) is 6.62. The molecule has 0 atom stereocenters. The van der Waals surface area contributed by atoms with Gasteiger partial charge in [0.05, 0.1) is 5.71 Å². The Hall–Kier alpha value is -2.17. The standard InChI is InChI=1S/C19H25N3O2/c23-18(20-16-10-6-1-2-7-11-16)14-22-19(24)13-12-17(21-22)15-8-4-3-5-9-15/h3-5,8-9,16H,1-2,6-7,10-14H2,(H,20,23). The van der Waals surface area contributed by atoms with Crippen LogP contribution in [0.1, 0.15) is 56.9 Å². The Balaban J connectivity index is 1.62. The SMILES string of the molecule is O=C(CN1N=C(c2ccccc2)CCC1=O)NC1CCCCCC1. The monoisotopic (exact) mass is 327 g/mol. The molecule has 0 radical (unpaired) electrons. The van der Waals surface area contributed by atoms with E-state index in [1.165, 1.54) is 30.7 Å². The summed E-state index contributed by atoms with van der Waals surface area (Å²) in [6.45, 7) is 0.0195. The first kappa shape index (κ1) is 16.7. The average molecular weight is 327 g/mol. The lowest BCUT2D eigenvalue weighted by Gasteiger charge is -2.24. The van der Waals surface area contributed by atoms with Gasteiger partial charge in [0.25, 0.3) is 0 Å². The predicted molar refractivity (Wildman–Crippen MR) is 93.6 cm³/mol. The number of hydrogen-bond acceptors (Lipinski definition) is 3. The maximum atomic E-state index is 12.3. The van der Waals surface area contributed by atoms with Crippen molar-refractivity contribution in [3.63, 3.8) is 0 Å². The van der Waals surface area contributed by atoms with Crippen molar-refractivity contribution in [3.8, 4) is 0 Å². The summed E-state index contributed by atoms with van der Waals surface area (Å²) in [6, 6.07) is 10.1. The molecule has 0 saturated heterocycles. The Morgan fingerprint density at radius 3 is 2.50 bits per heavy atom. The van der Waals surface area contributed by atoms with E-state index in [2.05, 4.69) is 10.4 Å². The fraction of sp³-hybridized carbons (Fsp3) is 0.526. The predicted octanol–water partition coefficient (Wildman–Crippen LogP) is 2.85. The Labute approximate surface area is 143 Å². The van der Waals surface area contributed by atoms with Crippen LogP contribution in [-0.2, 0) is 9.59 Å². The van der Waals surface area contributed by atoms with E-state index in [9.17, 15) is 9.59 Å². The molecule has 1 aliphatic heterocycles. The first-order valence-electron chi connectivity index (χ1n) is 8.95. The lowest BCUT2D eigenvalue weighted by Crippen LogP contribution is -2.43. The number of amides is 2. The molecule has 128 valence electrons. The van der Waals surface area contributed by atoms with Crippen LogP contribution < -0.4 is 5.32 Å². The number of benzene rings is 1. The van der Waals surface area contributed by atoms with Gasteiger partial charge in [-0.15, -0.1) is 0 Å². The molecule has 1 N–H and O–H groups in total. The quantitative estimate of drug-likeness (QED) is 0.864. The zero-order chi connectivity index (χ0) is 16.8. The molecular weight excluding hydrogens is 302 g/mol. The molecule has 2 amide bonds. The molecule has 1 aromatic carbocycles. The molecule has 24 heavy (non-hydrogen) atoms. The summed E-state index contributed by atoms with van der Waals surface area (Å²) in [5.74, 6) is -0.181. The number of hydrazone groups is 1. The van der Waals surface area contributed by atoms with Crippen molar-refractivity contribution in [1.29, 1.82) is 0 Å². The molecule has 1 saturated carbocycles. The fourth-order valence-electron chi connectivity index (χ4n) is 3.40. The summed E-state index contributed by atoms with van der Waals surface area (Å²) in [6.07, 6.45) is 7.96. The van der Waals surface area contributed by atoms with Crippen molar-refractivity contribution < 1.29 is 9.59 Å². The number of nitrogens with one attached hydrogen (secondary N) is 1. The topological polar surface area (TPSA) is 61.8 Å². The number of hydrogen-bond donors (Lipinski definition) is 1. The van der Waals surface area contributed by atoms with E-state index in [1.54, 1.807) is 0 Å². The van der Waals surface area contributed by atoms with Crippen molar-refractivity contribution in [2.75, 3.05) is 6.54 Å². The lowest BCUT2D eigenvalue weighted by atomic mass is 10.0. The van der Waals surface area contributed by atoms with Gasteiger partial charge in [-0.05, 0) is 18.4 Å². The molecule has 1 aromatic rings. The van der Waals surface area contributed by atoms with E-state index in [-0.39, 0.29) is 24.4 Å². The minimum Gasteiger partial charge on any atom is -0.352 e. The van der Waals surface area contributed by atoms with Gasteiger partial charge in [0.15, 0.2) is 0 Å². The maximum Gasteiger partial charge on any atom is 0.243 e. The average Bonchev–Trinajstić information content (AvgIpc) is 2.86. The largest absolute Gasteiger partial charge is 0.352 e. The van der Waals surface area contributed by atoms with Crippen molar-refractivity contribution in [2.24, 2.45) is 5.10 Å². The number of nitrogens with zero attached hydrogens (tertiary/aromatic N) is 2. The van der Waals surface area contributed by atoms with Crippen molar-refractivity contribution >= 4 is 17.5 Å². The summed E-state index contributed by atoms with van der Waals surface area (Å²) in [7, 11) is 0. The molecule has 0 spiro atoms. The Morgan fingerprint density at radius 1 is 1.08 bits per heavy atom. The first-order chi connectivity index (χ1) is 11.7. The molecule has 2 aliphatic rings. The highest BCUT2D eigenvalue weighted by atomic mass is 16.2. The van der Waals surface area contributed by atoms with Crippen LogP contribution in [0.3, 0.4) is 0 Å². The summed E-state index contributed by atoms with van der Waals surface area (Å²) in [5, 5.41) is 8.83. The zero-order valence-electron chi connectivity index (χ0n) is 14.0. The van der Waals surface area contributed by atoms with E-state index in [0.717, 1.165) is 24.1 Å². The van der Waals surface area contributed by atoms with Crippen LogP contribution in [0.4, 0.5) is 0 Å². The van der Waals surface area contributed by atoms with E-state index in [0.29, 0.717) is 12.8 Å². The van der Waals surface area contributed by atoms with Crippen LogP contribution in [0, 0.1) is 0 Å². The van der Waals surface area contributed by atoms with Gasteiger partial charge < -0.3 is 5.32 Å². The normalized spacial score (nSPS) is 19.6. The van der Waals surface area contributed by atoms with Crippen LogP contribution in [0.5, 0.6) is 0 Å². The van der Waals surface area contributed by atoms with E-state index < -0.39 is 0 Å². The maximum absolute atomic E-state index is 12.3. The van der Waals surface area contributed by atoms with Crippen LogP contribution in [0.25, 0.3) is 0 Å². The molecule has 1 fully saturated rings. The molecule has 5 nitrogen and oxygen atoms in total. The molecule has 0 aromatic heterocycles. The van der Waals surface area contributed by atoms with Gasteiger partial charge >= 0.3 is 0 Å². The van der Waals surface area contributed by atoms with Gasteiger partial charge in [0, 0.05) is 18.9 Å². The van der Waals surface area contributed by atoms with Gasteiger partial charge in [-0.1, -0.05) is 56.0 Å². The molecule has 3 rings (SSSR count). The molecule has 1 aliphatic carbocycles.